The molecule has 20 heavy (non-hydrogen) atoms. The average molecular weight is 354 g/mol. The molecule has 112 valence electrons. The Morgan fingerprint density at radius 2 is 2.10 bits per heavy atom. The summed E-state index contributed by atoms with van der Waals surface area (Å²) in [5.41, 5.74) is -1.34. The lowest BCUT2D eigenvalue weighted by molar-refractivity contribution is -0.138. The zero-order valence-electron chi connectivity index (χ0n) is 11.1. The van der Waals surface area contributed by atoms with Crippen LogP contribution in [0.2, 0.25) is 0 Å². The van der Waals surface area contributed by atoms with E-state index in [1.54, 1.807) is 0 Å². The van der Waals surface area contributed by atoms with Crippen molar-refractivity contribution < 1.29 is 22.7 Å². The van der Waals surface area contributed by atoms with E-state index < -0.39 is 17.6 Å². The average Bonchev–Trinajstić information content (AvgIpc) is 2.35. The van der Waals surface area contributed by atoms with E-state index in [0.29, 0.717) is 6.61 Å². The van der Waals surface area contributed by atoms with E-state index in [2.05, 4.69) is 21.2 Å². The molecule has 0 aliphatic carbocycles. The van der Waals surface area contributed by atoms with Crippen molar-refractivity contribution in [2.45, 2.75) is 13.1 Å². The van der Waals surface area contributed by atoms with E-state index in [1.165, 1.54) is 13.2 Å². The Labute approximate surface area is 123 Å². The van der Waals surface area contributed by atoms with Crippen molar-refractivity contribution in [2.75, 3.05) is 20.3 Å². The molecule has 7 heteroatoms. The van der Waals surface area contributed by atoms with Crippen molar-refractivity contribution in [2.24, 2.45) is 5.92 Å². The molecule has 0 saturated carbocycles. The Balaban J connectivity index is 2.88. The molecule has 1 aromatic carbocycles. The molecule has 0 bridgehead atoms. The number of halogens is 4. The molecule has 1 N–H and O–H groups in total. The first-order valence-electron chi connectivity index (χ1n) is 5.89. The highest BCUT2D eigenvalue weighted by molar-refractivity contribution is 9.10. The van der Waals surface area contributed by atoms with Crippen LogP contribution in [0.25, 0.3) is 0 Å². The summed E-state index contributed by atoms with van der Waals surface area (Å²) in [4.78, 5) is 11.9. The van der Waals surface area contributed by atoms with Gasteiger partial charge in [0.25, 0.3) is 5.91 Å². The Morgan fingerprint density at radius 1 is 1.45 bits per heavy atom. The van der Waals surface area contributed by atoms with Gasteiger partial charge in [-0.15, -0.1) is 0 Å². The first-order valence-corrected chi connectivity index (χ1v) is 6.69. The first kappa shape index (κ1) is 17.0. The van der Waals surface area contributed by atoms with Crippen LogP contribution in [0, 0.1) is 5.92 Å². The van der Waals surface area contributed by atoms with Crippen molar-refractivity contribution in [3.8, 4) is 0 Å². The van der Waals surface area contributed by atoms with Gasteiger partial charge in [-0.2, -0.15) is 13.2 Å². The molecule has 1 amide bonds. The molecule has 1 atom stereocenters. The van der Waals surface area contributed by atoms with Crippen molar-refractivity contribution in [3.05, 3.63) is 33.8 Å². The van der Waals surface area contributed by atoms with Gasteiger partial charge in [-0.3, -0.25) is 4.79 Å². The number of nitrogens with one attached hydrogen (secondary N) is 1. The summed E-state index contributed by atoms with van der Waals surface area (Å²) in [7, 11) is 1.52. The molecule has 0 radical (unpaired) electrons. The third-order valence-electron chi connectivity index (χ3n) is 2.59. The highest BCUT2D eigenvalue weighted by Gasteiger charge is 2.35. The summed E-state index contributed by atoms with van der Waals surface area (Å²) < 4.78 is 43.8. The molecular weight excluding hydrogens is 339 g/mol. The summed E-state index contributed by atoms with van der Waals surface area (Å²) in [6.07, 6.45) is -4.57. The van der Waals surface area contributed by atoms with Crippen LogP contribution >= 0.6 is 15.9 Å². The molecular formula is C13H15BrF3NO2. The molecule has 0 saturated heterocycles. The maximum absolute atomic E-state index is 12.9. The Kier molecular flexibility index (Phi) is 6.01. The fraction of sp³-hybridized carbons (Fsp3) is 0.462. The summed E-state index contributed by atoms with van der Waals surface area (Å²) in [6, 6.07) is 3.46. The predicted octanol–water partition coefficient (Wildman–Crippen LogP) is 3.48. The van der Waals surface area contributed by atoms with Gasteiger partial charge in [0.2, 0.25) is 0 Å². The van der Waals surface area contributed by atoms with Crippen LogP contribution in [0.4, 0.5) is 13.2 Å². The second-order valence-corrected chi connectivity index (χ2v) is 5.37. The molecule has 0 spiro atoms. The number of benzene rings is 1. The summed E-state index contributed by atoms with van der Waals surface area (Å²) in [5.74, 6) is -0.721. The third-order valence-corrected chi connectivity index (χ3v) is 3.09. The van der Waals surface area contributed by atoms with Gasteiger partial charge in [-0.05, 0) is 24.1 Å². The third kappa shape index (κ3) is 4.79. The first-order chi connectivity index (χ1) is 9.25. The molecule has 0 aliphatic rings. The van der Waals surface area contributed by atoms with Crippen LogP contribution in [-0.2, 0) is 10.9 Å². The summed E-state index contributed by atoms with van der Waals surface area (Å²) in [5, 5.41) is 2.48. The van der Waals surface area contributed by atoms with E-state index in [-0.39, 0.29) is 22.5 Å². The van der Waals surface area contributed by atoms with Gasteiger partial charge in [0.1, 0.15) is 0 Å². The maximum atomic E-state index is 12.9. The van der Waals surface area contributed by atoms with Crippen LogP contribution in [0.15, 0.2) is 22.7 Å². The van der Waals surface area contributed by atoms with Crippen LogP contribution in [-0.4, -0.2) is 26.2 Å². The number of carbonyl (C=O) groups excluding carboxylic acids is 1. The fourth-order valence-electron chi connectivity index (χ4n) is 1.65. The van der Waals surface area contributed by atoms with Gasteiger partial charge < -0.3 is 10.1 Å². The van der Waals surface area contributed by atoms with E-state index in [9.17, 15) is 18.0 Å². The molecule has 1 rings (SSSR count). The lowest BCUT2D eigenvalue weighted by Crippen LogP contribution is -2.31. The van der Waals surface area contributed by atoms with Gasteiger partial charge in [0.15, 0.2) is 0 Å². The molecule has 0 aliphatic heterocycles. The van der Waals surface area contributed by atoms with Crippen molar-refractivity contribution in [1.82, 2.24) is 5.32 Å². The predicted molar refractivity (Wildman–Crippen MR) is 72.5 cm³/mol. The summed E-state index contributed by atoms with van der Waals surface area (Å²) >= 11 is 2.97. The highest BCUT2D eigenvalue weighted by atomic mass is 79.9. The minimum absolute atomic E-state index is 0.0220. The van der Waals surface area contributed by atoms with Gasteiger partial charge in [0.05, 0.1) is 17.7 Å². The highest BCUT2D eigenvalue weighted by Crippen LogP contribution is 2.33. The van der Waals surface area contributed by atoms with Gasteiger partial charge in [-0.25, -0.2) is 0 Å². The van der Waals surface area contributed by atoms with Crippen LogP contribution in [0.1, 0.15) is 22.8 Å². The number of carbonyl (C=O) groups is 1. The van der Waals surface area contributed by atoms with Crippen LogP contribution < -0.4 is 5.32 Å². The van der Waals surface area contributed by atoms with Crippen molar-refractivity contribution in [1.29, 1.82) is 0 Å². The zero-order valence-corrected chi connectivity index (χ0v) is 12.6. The molecule has 0 heterocycles. The Morgan fingerprint density at radius 3 is 2.65 bits per heavy atom. The quantitative estimate of drug-likeness (QED) is 0.879. The lowest BCUT2D eigenvalue weighted by Gasteiger charge is -2.15. The second kappa shape index (κ2) is 7.08. The number of ether oxygens (including phenoxy) is 1. The monoisotopic (exact) mass is 353 g/mol. The van der Waals surface area contributed by atoms with Gasteiger partial charge in [-0.1, -0.05) is 22.9 Å². The zero-order chi connectivity index (χ0) is 15.3. The fourth-order valence-corrected chi connectivity index (χ4v) is 2.02. The van der Waals surface area contributed by atoms with Gasteiger partial charge >= 0.3 is 6.18 Å². The molecule has 3 nitrogen and oxygen atoms in total. The summed E-state index contributed by atoms with van der Waals surface area (Å²) in [6.45, 7) is 2.50. The van der Waals surface area contributed by atoms with Crippen molar-refractivity contribution >= 4 is 21.8 Å². The largest absolute Gasteiger partial charge is 0.417 e. The minimum Gasteiger partial charge on any atom is -0.384 e. The van der Waals surface area contributed by atoms with Crippen molar-refractivity contribution in [3.63, 3.8) is 0 Å². The van der Waals surface area contributed by atoms with E-state index in [1.807, 2.05) is 6.92 Å². The van der Waals surface area contributed by atoms with E-state index >= 15 is 0 Å². The molecule has 0 aromatic heterocycles. The normalized spacial score (nSPS) is 13.1. The van der Waals surface area contributed by atoms with Crippen LogP contribution in [0.5, 0.6) is 0 Å². The van der Waals surface area contributed by atoms with Gasteiger partial charge in [0, 0.05) is 18.1 Å². The number of amides is 1. The van der Waals surface area contributed by atoms with E-state index in [4.69, 9.17) is 4.74 Å². The molecule has 1 aromatic rings. The molecule has 0 fully saturated rings. The SMILES string of the molecule is COCC(C)CNC(=O)c1ccc(Br)cc1C(F)(F)F. The second-order valence-electron chi connectivity index (χ2n) is 4.46. The lowest BCUT2D eigenvalue weighted by atomic mass is 10.1. The van der Waals surface area contributed by atoms with E-state index in [0.717, 1.165) is 12.1 Å². The number of alkyl halides is 3. The maximum Gasteiger partial charge on any atom is 0.417 e. The number of rotatable bonds is 5. The smallest absolute Gasteiger partial charge is 0.384 e. The molecule has 1 unspecified atom stereocenters. The number of methoxy groups -OCH3 is 1. The van der Waals surface area contributed by atoms with Crippen LogP contribution in [0.3, 0.4) is 0 Å². The Hall–Kier alpha value is -1.08. The number of hydrogen-bond donors (Lipinski definition) is 1. The number of hydrogen-bond acceptors (Lipinski definition) is 2. The Bertz CT molecular complexity index is 477. The topological polar surface area (TPSA) is 38.3 Å². The minimum atomic E-state index is -4.57. The standard InChI is InChI=1S/C13H15BrF3NO2/c1-8(7-20-2)6-18-12(19)10-4-3-9(14)5-11(10)13(15,16)17/h3-5,8H,6-7H2,1-2H3,(H,18,19).